The highest BCUT2D eigenvalue weighted by molar-refractivity contribution is 7.99. The largest absolute Gasteiger partial charge is 0.496 e. The van der Waals surface area contributed by atoms with Crippen molar-refractivity contribution < 1.29 is 13.5 Å². The summed E-state index contributed by atoms with van der Waals surface area (Å²) in [6.07, 6.45) is 4.75. The Morgan fingerprint density at radius 2 is 1.93 bits per heavy atom. The van der Waals surface area contributed by atoms with E-state index in [2.05, 4.69) is 26.6 Å². The summed E-state index contributed by atoms with van der Waals surface area (Å²) in [7, 11) is 1.51. The number of piperidine rings is 1. The molecular formula is C20H26F2N4OS2. The molecule has 0 amide bonds. The van der Waals surface area contributed by atoms with Gasteiger partial charge in [-0.05, 0) is 49.3 Å². The molecule has 4 rings (SSSR count). The van der Waals surface area contributed by atoms with E-state index in [1.54, 1.807) is 17.8 Å². The maximum atomic E-state index is 12.7. The lowest BCUT2D eigenvalue weighted by molar-refractivity contribution is 0.251. The van der Waals surface area contributed by atoms with E-state index in [0.29, 0.717) is 34.2 Å². The highest BCUT2D eigenvalue weighted by Crippen LogP contribution is 2.42. The van der Waals surface area contributed by atoms with Crippen LogP contribution >= 0.6 is 23.5 Å². The Hall–Kier alpha value is -1.48. The summed E-state index contributed by atoms with van der Waals surface area (Å²) in [5.41, 5.74) is 1.02. The van der Waals surface area contributed by atoms with Gasteiger partial charge in [-0.2, -0.15) is 8.78 Å². The molecule has 1 aliphatic carbocycles. The first kappa shape index (κ1) is 20.8. The van der Waals surface area contributed by atoms with Gasteiger partial charge in [-0.25, -0.2) is 0 Å². The zero-order valence-electron chi connectivity index (χ0n) is 16.7. The predicted octanol–water partition coefficient (Wildman–Crippen LogP) is 5.46. The fourth-order valence-electron chi connectivity index (χ4n) is 3.59. The van der Waals surface area contributed by atoms with Crippen molar-refractivity contribution in [1.29, 1.82) is 0 Å². The fourth-order valence-corrected chi connectivity index (χ4v) is 5.13. The van der Waals surface area contributed by atoms with Crippen LogP contribution in [0.15, 0.2) is 28.3 Å². The van der Waals surface area contributed by atoms with Crippen LogP contribution in [0.3, 0.4) is 0 Å². The Morgan fingerprint density at radius 1 is 1.17 bits per heavy atom. The minimum Gasteiger partial charge on any atom is -0.496 e. The van der Waals surface area contributed by atoms with Crippen molar-refractivity contribution in [2.24, 2.45) is 5.92 Å². The van der Waals surface area contributed by atoms with Gasteiger partial charge < -0.3 is 9.64 Å². The van der Waals surface area contributed by atoms with Gasteiger partial charge in [-0.1, -0.05) is 36.5 Å². The van der Waals surface area contributed by atoms with Crippen molar-refractivity contribution in [2.75, 3.05) is 25.1 Å². The van der Waals surface area contributed by atoms with Gasteiger partial charge in [-0.3, -0.25) is 4.57 Å². The van der Waals surface area contributed by atoms with Crippen molar-refractivity contribution in [3.8, 4) is 5.75 Å². The quantitative estimate of drug-likeness (QED) is 0.508. The number of halogens is 2. The van der Waals surface area contributed by atoms with Gasteiger partial charge in [0.05, 0.1) is 12.0 Å². The summed E-state index contributed by atoms with van der Waals surface area (Å²) >= 11 is 2.15. The second-order valence-electron chi connectivity index (χ2n) is 7.71. The van der Waals surface area contributed by atoms with E-state index in [9.17, 15) is 8.78 Å². The van der Waals surface area contributed by atoms with E-state index in [1.165, 1.54) is 32.8 Å². The van der Waals surface area contributed by atoms with E-state index in [4.69, 9.17) is 4.74 Å². The number of anilines is 1. The molecule has 0 radical (unpaired) electrons. The summed E-state index contributed by atoms with van der Waals surface area (Å²) in [5.74, 6) is 0.497. The molecule has 1 aromatic carbocycles. The van der Waals surface area contributed by atoms with Crippen molar-refractivity contribution in [1.82, 2.24) is 14.8 Å². The molecule has 2 fully saturated rings. The average Bonchev–Trinajstić information content (AvgIpc) is 3.46. The van der Waals surface area contributed by atoms with Crippen LogP contribution in [0.1, 0.15) is 44.2 Å². The van der Waals surface area contributed by atoms with Crippen LogP contribution in [0.25, 0.3) is 0 Å². The summed E-state index contributed by atoms with van der Waals surface area (Å²) in [6.45, 7) is 4.39. The number of hydrogen-bond acceptors (Lipinski definition) is 6. The molecule has 1 aliphatic heterocycles. The Kier molecular flexibility index (Phi) is 6.53. The van der Waals surface area contributed by atoms with Gasteiger partial charge in [0, 0.05) is 24.9 Å². The molecule has 1 aromatic heterocycles. The number of aromatic nitrogens is 3. The van der Waals surface area contributed by atoms with E-state index in [1.807, 2.05) is 12.1 Å². The van der Waals surface area contributed by atoms with Gasteiger partial charge in [-0.15, -0.1) is 10.2 Å². The first-order valence-electron chi connectivity index (χ1n) is 9.99. The van der Waals surface area contributed by atoms with Gasteiger partial charge in [0.2, 0.25) is 5.95 Å². The fraction of sp³-hybridized carbons (Fsp3) is 0.600. The summed E-state index contributed by atoms with van der Waals surface area (Å²) in [6, 6.07) is 5.92. The minimum absolute atomic E-state index is 0.457. The first-order valence-corrected chi connectivity index (χ1v) is 11.9. The highest BCUT2D eigenvalue weighted by Gasteiger charge is 2.32. The number of thioether (sulfide) groups is 2. The molecule has 1 saturated heterocycles. The number of nitrogens with zero attached hydrogens (tertiary/aromatic N) is 4. The Labute approximate surface area is 178 Å². The van der Waals surface area contributed by atoms with E-state index >= 15 is 0 Å². The molecular weight excluding hydrogens is 414 g/mol. The van der Waals surface area contributed by atoms with Crippen LogP contribution in [0.5, 0.6) is 5.75 Å². The van der Waals surface area contributed by atoms with E-state index in [-0.39, 0.29) is 0 Å². The smallest absolute Gasteiger partial charge is 0.289 e. The van der Waals surface area contributed by atoms with Gasteiger partial charge in [0.15, 0.2) is 5.16 Å². The molecule has 2 aliphatic rings. The molecule has 29 heavy (non-hydrogen) atoms. The van der Waals surface area contributed by atoms with Crippen LogP contribution in [0, 0.1) is 5.92 Å². The number of benzene rings is 1. The lowest BCUT2D eigenvalue weighted by atomic mass is 10.00. The summed E-state index contributed by atoms with van der Waals surface area (Å²) < 4.78 is 33.0. The van der Waals surface area contributed by atoms with Crippen molar-refractivity contribution in [2.45, 2.75) is 60.2 Å². The third-order valence-corrected chi connectivity index (χ3v) is 7.22. The number of methoxy groups -OCH3 is 1. The molecule has 0 spiro atoms. The summed E-state index contributed by atoms with van der Waals surface area (Å²) in [5, 5.41) is 9.95. The number of hydrogen-bond donors (Lipinski definition) is 0. The van der Waals surface area contributed by atoms with Gasteiger partial charge in [0.1, 0.15) is 5.75 Å². The Bertz CT molecular complexity index is 836. The Morgan fingerprint density at radius 3 is 2.59 bits per heavy atom. The topological polar surface area (TPSA) is 43.2 Å². The maximum Gasteiger partial charge on any atom is 0.289 e. The molecule has 2 aromatic rings. The van der Waals surface area contributed by atoms with Gasteiger partial charge >= 0.3 is 0 Å². The van der Waals surface area contributed by atoms with Crippen LogP contribution in [0.4, 0.5) is 14.7 Å². The number of ether oxygens (including phenoxy) is 1. The first-order chi connectivity index (χ1) is 14.0. The van der Waals surface area contributed by atoms with E-state index < -0.39 is 5.76 Å². The third-order valence-electron chi connectivity index (χ3n) is 5.44. The molecule has 158 valence electrons. The normalized spacial score (nSPS) is 17.9. The van der Waals surface area contributed by atoms with E-state index in [0.717, 1.165) is 35.7 Å². The van der Waals surface area contributed by atoms with Crippen molar-refractivity contribution >= 4 is 29.5 Å². The minimum atomic E-state index is -2.46. The van der Waals surface area contributed by atoms with Crippen LogP contribution in [-0.2, 0) is 5.75 Å². The second-order valence-corrected chi connectivity index (χ2v) is 9.68. The summed E-state index contributed by atoms with van der Waals surface area (Å²) in [4.78, 5) is 2.83. The van der Waals surface area contributed by atoms with Gasteiger partial charge in [0.25, 0.3) is 5.76 Å². The molecule has 0 bridgehead atoms. The standard InChI is InChI=1S/C20H26F2N4OS2/c1-13-7-9-25(10-8-13)19-23-24-20(26(19)15-4-5-15)28-12-14-3-6-17(29-18(21)22)16(11-14)27-2/h3,6,11,13,15,18H,4-5,7-10,12H2,1-2H3. The molecule has 9 heteroatoms. The molecule has 2 heterocycles. The Balaban J connectivity index is 1.47. The maximum absolute atomic E-state index is 12.7. The second kappa shape index (κ2) is 9.12. The van der Waals surface area contributed by atoms with Crippen molar-refractivity contribution in [3.63, 3.8) is 0 Å². The van der Waals surface area contributed by atoms with Crippen LogP contribution in [-0.4, -0.2) is 40.7 Å². The molecule has 5 nitrogen and oxygen atoms in total. The highest BCUT2D eigenvalue weighted by atomic mass is 32.2. The lowest BCUT2D eigenvalue weighted by Gasteiger charge is -2.31. The van der Waals surface area contributed by atoms with Crippen LogP contribution in [0.2, 0.25) is 0 Å². The number of rotatable bonds is 8. The lowest BCUT2D eigenvalue weighted by Crippen LogP contribution is -2.34. The third kappa shape index (κ3) is 4.99. The molecule has 1 saturated carbocycles. The monoisotopic (exact) mass is 440 g/mol. The molecule has 0 N–H and O–H groups in total. The van der Waals surface area contributed by atoms with Crippen LogP contribution < -0.4 is 9.64 Å². The zero-order chi connectivity index (χ0) is 20.4. The average molecular weight is 441 g/mol. The predicted molar refractivity (Wildman–Crippen MR) is 113 cm³/mol. The zero-order valence-corrected chi connectivity index (χ0v) is 18.3. The molecule has 0 atom stereocenters. The van der Waals surface area contributed by atoms with Crippen molar-refractivity contribution in [3.05, 3.63) is 23.8 Å². The SMILES string of the molecule is COc1cc(CSc2nnc(N3CCC(C)CC3)n2C2CC2)ccc1SC(F)F. The number of alkyl halides is 2. The molecule has 0 unspecified atom stereocenters.